The number of aliphatic hydroxyl groups excluding tert-OH is 2. The van der Waals surface area contributed by atoms with Crippen molar-refractivity contribution in [3.8, 4) is 0 Å². The number of ketones is 1. The number of nitrogens with zero attached hydrogens (tertiary/aromatic N) is 4. The van der Waals surface area contributed by atoms with Gasteiger partial charge in [0.2, 0.25) is 12.2 Å². The van der Waals surface area contributed by atoms with Crippen LogP contribution in [0.15, 0.2) is 0 Å². The number of carbonyl (C=O) groups is 2. The molecule has 0 saturated heterocycles. The number of Topliss-reactive ketones (excluding diaryl/α,β-unsaturated/α-hetero) is 1. The van der Waals surface area contributed by atoms with E-state index < -0.39 is 67.1 Å². The number of nitro groups is 4. The lowest BCUT2D eigenvalue weighted by Gasteiger charge is -2.37. The molecule has 0 spiro atoms. The molecule has 152 valence electrons. The van der Waals surface area contributed by atoms with Crippen molar-refractivity contribution >= 4 is 12.1 Å². The minimum atomic E-state index is -3.71. The number of hydrogen-bond acceptors (Lipinski definition) is 12. The summed E-state index contributed by atoms with van der Waals surface area (Å²) in [7, 11) is 0. The van der Waals surface area contributed by atoms with Crippen LogP contribution < -0.4 is 0 Å². The van der Waals surface area contributed by atoms with E-state index in [1.165, 1.54) is 0 Å². The summed E-state index contributed by atoms with van der Waals surface area (Å²) in [4.78, 5) is 61.8. The quantitative estimate of drug-likeness (QED) is 0.132. The molecule has 16 nitrogen and oxygen atoms in total. The van der Waals surface area contributed by atoms with Gasteiger partial charge in [0.25, 0.3) is 0 Å². The molecule has 27 heavy (non-hydrogen) atoms. The zero-order chi connectivity index (χ0) is 22.0. The predicted octanol–water partition coefficient (Wildman–Crippen LogP) is -1.59. The lowest BCUT2D eigenvalue weighted by atomic mass is 9.66. The number of rotatable bonds is 11. The zero-order valence-corrected chi connectivity index (χ0v) is 14.2. The molecule has 16 heteroatoms. The SMILES string of the molecule is CCC(=O)C(C=O)(C(O)C(C)([N+](=O)[O-])[N+](=O)[O-])C(O)C(C)([N+](=O)[O-])[N+](=O)[O-]. The lowest BCUT2D eigenvalue weighted by Crippen LogP contribution is -2.71. The molecule has 0 aromatic rings. The Morgan fingerprint density at radius 1 is 0.889 bits per heavy atom. The zero-order valence-electron chi connectivity index (χ0n) is 14.2. The Kier molecular flexibility index (Phi) is 6.73. The topological polar surface area (TPSA) is 247 Å². The molecule has 0 aliphatic carbocycles. The van der Waals surface area contributed by atoms with Gasteiger partial charge in [-0.1, -0.05) is 6.92 Å². The predicted molar refractivity (Wildman–Crippen MR) is 80.6 cm³/mol. The summed E-state index contributed by atoms with van der Waals surface area (Å²) in [6.45, 7) is 1.37. The Morgan fingerprint density at radius 2 is 1.15 bits per heavy atom. The molecule has 0 aromatic heterocycles. The fourth-order valence-electron chi connectivity index (χ4n) is 2.39. The summed E-state index contributed by atoms with van der Waals surface area (Å²) in [5.74, 6) is -1.61. The first kappa shape index (κ1) is 23.9. The summed E-state index contributed by atoms with van der Waals surface area (Å²) in [6, 6.07) is 0. The van der Waals surface area contributed by atoms with Crippen LogP contribution in [-0.2, 0) is 9.59 Å². The number of hydrogen-bond donors (Lipinski definition) is 2. The van der Waals surface area contributed by atoms with E-state index in [9.17, 15) is 60.3 Å². The Hall–Kier alpha value is -3.14. The molecule has 0 aliphatic rings. The first-order valence-corrected chi connectivity index (χ1v) is 7.07. The molecule has 0 bridgehead atoms. The van der Waals surface area contributed by atoms with E-state index in [1.807, 2.05) is 0 Å². The Bertz CT molecular complexity index is 619. The summed E-state index contributed by atoms with van der Waals surface area (Å²) in [5, 5.41) is 65.1. The second-order valence-corrected chi connectivity index (χ2v) is 5.85. The molecule has 0 rings (SSSR count). The molecule has 0 aromatic carbocycles. The third-order valence-corrected chi connectivity index (χ3v) is 4.42. The summed E-state index contributed by atoms with van der Waals surface area (Å²) >= 11 is 0. The van der Waals surface area contributed by atoms with Crippen molar-refractivity contribution < 1.29 is 39.5 Å². The van der Waals surface area contributed by atoms with Crippen LogP contribution in [-0.4, -0.2) is 65.5 Å². The van der Waals surface area contributed by atoms with Gasteiger partial charge in [-0.15, -0.1) is 0 Å². The van der Waals surface area contributed by atoms with Crippen LogP contribution in [0.1, 0.15) is 27.2 Å². The van der Waals surface area contributed by atoms with Crippen molar-refractivity contribution in [2.75, 3.05) is 0 Å². The van der Waals surface area contributed by atoms with Gasteiger partial charge in [-0.3, -0.25) is 45.3 Å². The standard InChI is InChI=1S/C11H16N4O12/c1-4-6(17)11(5-16,7(18)9(2,12(20)21)13(22)23)8(19)10(3,14(24)25)15(26)27/h5,7-8,18-19H,4H2,1-3H3. The highest BCUT2D eigenvalue weighted by molar-refractivity contribution is 5.99. The van der Waals surface area contributed by atoms with Gasteiger partial charge in [0.1, 0.15) is 26.0 Å². The van der Waals surface area contributed by atoms with E-state index in [0.717, 1.165) is 6.92 Å². The maximum absolute atomic E-state index is 12.3. The van der Waals surface area contributed by atoms with E-state index in [2.05, 4.69) is 0 Å². The summed E-state index contributed by atoms with van der Waals surface area (Å²) < 4.78 is 0. The molecular formula is C11H16N4O12. The van der Waals surface area contributed by atoms with Crippen molar-refractivity contribution in [3.63, 3.8) is 0 Å². The van der Waals surface area contributed by atoms with Gasteiger partial charge < -0.3 is 15.0 Å². The fourth-order valence-corrected chi connectivity index (χ4v) is 2.39. The number of carbonyl (C=O) groups excluding carboxylic acids is 2. The van der Waals surface area contributed by atoms with Crippen LogP contribution in [0, 0.1) is 45.9 Å². The van der Waals surface area contributed by atoms with Gasteiger partial charge >= 0.3 is 11.3 Å². The maximum Gasteiger partial charge on any atom is 0.482 e. The van der Waals surface area contributed by atoms with Crippen LogP contribution in [0.3, 0.4) is 0 Å². The van der Waals surface area contributed by atoms with Gasteiger partial charge in [-0.2, -0.15) is 0 Å². The van der Waals surface area contributed by atoms with Crippen molar-refractivity contribution in [2.24, 2.45) is 5.41 Å². The average Bonchev–Trinajstić information content (AvgIpc) is 2.59. The first-order chi connectivity index (χ1) is 12.1. The molecule has 0 aliphatic heterocycles. The largest absolute Gasteiger partial charge is 0.482 e. The second-order valence-electron chi connectivity index (χ2n) is 5.85. The number of aliphatic hydroxyl groups is 2. The summed E-state index contributed by atoms with van der Waals surface area (Å²) in [6.07, 6.45) is -8.04. The average molecular weight is 396 g/mol. The molecule has 0 fully saturated rings. The van der Waals surface area contributed by atoms with Crippen LogP contribution in [0.25, 0.3) is 0 Å². The van der Waals surface area contributed by atoms with Crippen LogP contribution in [0.4, 0.5) is 0 Å². The van der Waals surface area contributed by atoms with Crippen molar-refractivity contribution in [1.29, 1.82) is 0 Å². The Labute approximate surface area is 149 Å². The van der Waals surface area contributed by atoms with E-state index in [1.54, 1.807) is 0 Å². The first-order valence-electron chi connectivity index (χ1n) is 7.07. The highest BCUT2D eigenvalue weighted by Crippen LogP contribution is 2.40. The van der Waals surface area contributed by atoms with E-state index >= 15 is 0 Å². The third-order valence-electron chi connectivity index (χ3n) is 4.42. The highest BCUT2D eigenvalue weighted by Gasteiger charge is 2.77. The third kappa shape index (κ3) is 3.19. The Balaban J connectivity index is 7.08. The molecule has 2 atom stereocenters. The molecule has 0 radical (unpaired) electrons. The molecule has 0 amide bonds. The van der Waals surface area contributed by atoms with Gasteiger partial charge in [-0.25, -0.2) is 0 Å². The fraction of sp³-hybridized carbons (Fsp3) is 0.818. The highest BCUT2D eigenvalue weighted by atomic mass is 16.7. The summed E-state index contributed by atoms with van der Waals surface area (Å²) in [5.41, 5.74) is -11.0. The molecular weight excluding hydrogens is 380 g/mol. The maximum atomic E-state index is 12.3. The van der Waals surface area contributed by atoms with E-state index in [-0.39, 0.29) is 13.8 Å². The van der Waals surface area contributed by atoms with Gasteiger partial charge in [0.15, 0.2) is 11.2 Å². The minimum Gasteiger partial charge on any atom is -0.378 e. The minimum absolute atomic E-state index is 0.182. The second kappa shape index (κ2) is 7.62. The van der Waals surface area contributed by atoms with Gasteiger partial charge in [0, 0.05) is 6.42 Å². The van der Waals surface area contributed by atoms with Gasteiger partial charge in [-0.05, 0) is 0 Å². The van der Waals surface area contributed by atoms with Crippen molar-refractivity contribution in [2.45, 2.75) is 50.7 Å². The Morgan fingerprint density at radius 3 is 1.30 bits per heavy atom. The van der Waals surface area contributed by atoms with Crippen molar-refractivity contribution in [3.05, 3.63) is 40.5 Å². The normalized spacial score (nSPS) is 16.5. The number of aldehydes is 1. The van der Waals surface area contributed by atoms with Crippen molar-refractivity contribution in [1.82, 2.24) is 0 Å². The molecule has 2 unspecified atom stereocenters. The molecule has 0 saturated carbocycles. The van der Waals surface area contributed by atoms with Gasteiger partial charge in [0.05, 0.1) is 13.8 Å². The monoisotopic (exact) mass is 396 g/mol. The lowest BCUT2D eigenvalue weighted by molar-refractivity contribution is -0.813. The van der Waals surface area contributed by atoms with Crippen LogP contribution in [0.2, 0.25) is 0 Å². The smallest absolute Gasteiger partial charge is 0.378 e. The van der Waals surface area contributed by atoms with E-state index in [0.29, 0.717) is 0 Å². The van der Waals surface area contributed by atoms with Crippen LogP contribution in [0.5, 0.6) is 0 Å². The van der Waals surface area contributed by atoms with Crippen LogP contribution >= 0.6 is 0 Å². The van der Waals surface area contributed by atoms with E-state index in [4.69, 9.17) is 0 Å². The molecule has 0 heterocycles. The molecule has 2 N–H and O–H groups in total.